The Balaban J connectivity index is 1.25. The van der Waals surface area contributed by atoms with E-state index in [1.54, 1.807) is 0 Å². The van der Waals surface area contributed by atoms with Crippen molar-refractivity contribution < 1.29 is 23.7 Å². The molecule has 0 radical (unpaired) electrons. The zero-order valence-corrected chi connectivity index (χ0v) is 20.4. The summed E-state index contributed by atoms with van der Waals surface area (Å²) < 4.78 is 24.8. The minimum Gasteiger partial charge on any atom is -0.458 e. The van der Waals surface area contributed by atoms with Crippen LogP contribution in [0.2, 0.25) is 5.02 Å². The minimum atomic E-state index is -0.335. The summed E-state index contributed by atoms with van der Waals surface area (Å²) in [7, 11) is 0. The molecule has 0 N–H and O–H groups in total. The Hall–Kier alpha value is -1.40. The van der Waals surface area contributed by atoms with Crippen molar-refractivity contribution in [2.24, 2.45) is 22.7 Å². The van der Waals surface area contributed by atoms with E-state index in [0.29, 0.717) is 25.0 Å². The average Bonchev–Trinajstić information content (AvgIpc) is 3.37. The molecule has 3 aliphatic heterocycles. The Morgan fingerprint density at radius 3 is 2.52 bits per heavy atom. The van der Waals surface area contributed by atoms with Crippen molar-refractivity contribution in [2.45, 2.75) is 77.0 Å². The first kappa shape index (κ1) is 22.1. The molecule has 8 atom stereocenters. The van der Waals surface area contributed by atoms with Crippen molar-refractivity contribution >= 4 is 17.6 Å². The average molecular weight is 473 g/mol. The van der Waals surface area contributed by atoms with Crippen LogP contribution in [0.3, 0.4) is 0 Å². The Bertz CT molecular complexity index is 991. The highest BCUT2D eigenvalue weighted by molar-refractivity contribution is 6.30. The maximum Gasteiger partial charge on any atom is 0.336 e. The van der Waals surface area contributed by atoms with Gasteiger partial charge in [0.2, 0.25) is 0 Å². The Morgan fingerprint density at radius 2 is 1.79 bits per heavy atom. The van der Waals surface area contributed by atoms with Gasteiger partial charge in [-0.05, 0) is 74.5 Å². The number of cyclic esters (lactones) is 1. The zero-order chi connectivity index (χ0) is 23.0. The molecule has 0 bridgehead atoms. The molecular formula is C27H33ClO5. The van der Waals surface area contributed by atoms with Crippen LogP contribution >= 0.6 is 11.6 Å². The molecule has 5 aliphatic rings. The number of carbonyl (C=O) groups is 1. The first-order chi connectivity index (χ1) is 15.7. The van der Waals surface area contributed by atoms with Crippen molar-refractivity contribution in [1.29, 1.82) is 0 Å². The van der Waals surface area contributed by atoms with E-state index in [0.717, 1.165) is 48.3 Å². The van der Waals surface area contributed by atoms with Crippen molar-refractivity contribution in [3.8, 4) is 0 Å². The predicted molar refractivity (Wildman–Crippen MR) is 124 cm³/mol. The first-order valence-electron chi connectivity index (χ1n) is 12.3. The molecule has 3 heterocycles. The number of rotatable bonds is 2. The number of hydrogen-bond donors (Lipinski definition) is 0. The van der Waals surface area contributed by atoms with Crippen LogP contribution in [0.1, 0.15) is 64.7 Å². The van der Waals surface area contributed by atoms with Crippen LogP contribution < -0.4 is 0 Å². The fourth-order valence-electron chi connectivity index (χ4n) is 8.03. The molecule has 178 valence electrons. The Kier molecular flexibility index (Phi) is 5.05. The van der Waals surface area contributed by atoms with E-state index in [1.165, 1.54) is 0 Å². The van der Waals surface area contributed by atoms with Gasteiger partial charge in [0, 0.05) is 16.0 Å². The van der Waals surface area contributed by atoms with Crippen LogP contribution in [0.5, 0.6) is 0 Å². The molecule has 5 nitrogen and oxygen atoms in total. The predicted octanol–water partition coefficient (Wildman–Crippen LogP) is 5.62. The van der Waals surface area contributed by atoms with Crippen LogP contribution in [-0.4, -0.2) is 37.0 Å². The lowest BCUT2D eigenvalue weighted by Crippen LogP contribution is -2.63. The lowest BCUT2D eigenvalue weighted by molar-refractivity contribution is -0.314. The summed E-state index contributed by atoms with van der Waals surface area (Å²) in [4.78, 5) is 12.2. The largest absolute Gasteiger partial charge is 0.458 e. The molecular weight excluding hydrogens is 440 g/mol. The normalized spacial score (nSPS) is 46.7. The number of ether oxygens (including phenoxy) is 4. The summed E-state index contributed by atoms with van der Waals surface area (Å²) >= 11 is 6.07. The van der Waals surface area contributed by atoms with Gasteiger partial charge in [-0.3, -0.25) is 0 Å². The van der Waals surface area contributed by atoms with Gasteiger partial charge < -0.3 is 18.9 Å². The smallest absolute Gasteiger partial charge is 0.336 e. The highest BCUT2D eigenvalue weighted by Gasteiger charge is 2.66. The van der Waals surface area contributed by atoms with Gasteiger partial charge in [-0.2, -0.15) is 0 Å². The van der Waals surface area contributed by atoms with E-state index in [-0.39, 0.29) is 40.9 Å². The quantitative estimate of drug-likeness (QED) is 0.523. The lowest BCUT2D eigenvalue weighted by Gasteiger charge is -2.64. The molecule has 0 amide bonds. The molecule has 6 rings (SSSR count). The minimum absolute atomic E-state index is 0.0408. The third-order valence-electron chi connectivity index (χ3n) is 9.67. The van der Waals surface area contributed by atoms with Crippen molar-refractivity contribution in [2.75, 3.05) is 13.2 Å². The van der Waals surface area contributed by atoms with Crippen LogP contribution in [0, 0.1) is 22.7 Å². The van der Waals surface area contributed by atoms with E-state index in [4.69, 9.17) is 30.5 Å². The van der Waals surface area contributed by atoms with Gasteiger partial charge in [0.25, 0.3) is 0 Å². The van der Waals surface area contributed by atoms with Gasteiger partial charge in [0.1, 0.15) is 6.61 Å². The van der Waals surface area contributed by atoms with E-state index >= 15 is 0 Å². The lowest BCUT2D eigenvalue weighted by atomic mass is 9.44. The maximum absolute atomic E-state index is 12.2. The summed E-state index contributed by atoms with van der Waals surface area (Å²) in [6, 6.07) is 7.77. The van der Waals surface area contributed by atoms with Gasteiger partial charge in [0.05, 0.1) is 30.0 Å². The molecule has 2 aliphatic carbocycles. The maximum atomic E-state index is 12.2. The van der Waals surface area contributed by atoms with E-state index < -0.39 is 0 Å². The number of fused-ring (bicyclic) bond motifs is 5. The molecule has 1 aromatic carbocycles. The molecule has 0 aromatic heterocycles. The van der Waals surface area contributed by atoms with Gasteiger partial charge >= 0.3 is 5.97 Å². The topological polar surface area (TPSA) is 54.0 Å². The number of carbonyl (C=O) groups excluding carboxylic acids is 1. The standard InChI is InChI=1S/C27H33ClO5/c1-25-11-9-22-26(2,15-31-24(32-22)16-4-6-17(28)7-5-16)20(25)8-12-27(3)21(25)14-19(33-27)18-10-13-30-23(18)29/h4-7,10,19-22,24H,8-9,11-15H2,1-3H3. The number of halogens is 1. The summed E-state index contributed by atoms with van der Waals surface area (Å²) in [5.74, 6) is 0.677. The Labute approximate surface area is 200 Å². The Morgan fingerprint density at radius 1 is 1.00 bits per heavy atom. The molecule has 2 saturated carbocycles. The second kappa shape index (κ2) is 7.55. The third kappa shape index (κ3) is 3.26. The molecule has 0 spiro atoms. The van der Waals surface area contributed by atoms with Crippen molar-refractivity contribution in [3.63, 3.8) is 0 Å². The summed E-state index contributed by atoms with van der Waals surface area (Å²) in [5.41, 5.74) is 1.62. The van der Waals surface area contributed by atoms with Gasteiger partial charge in [-0.25, -0.2) is 4.79 Å². The zero-order valence-electron chi connectivity index (χ0n) is 19.6. The van der Waals surface area contributed by atoms with E-state index in [2.05, 4.69) is 20.8 Å². The highest BCUT2D eigenvalue weighted by Crippen LogP contribution is 2.67. The summed E-state index contributed by atoms with van der Waals surface area (Å²) in [5, 5.41) is 0.719. The number of benzene rings is 1. The molecule has 6 heteroatoms. The summed E-state index contributed by atoms with van der Waals surface area (Å²) in [6.07, 6.45) is 6.68. The molecule has 2 saturated heterocycles. The number of esters is 1. The van der Waals surface area contributed by atoms with Gasteiger partial charge in [-0.1, -0.05) is 37.6 Å². The summed E-state index contributed by atoms with van der Waals surface area (Å²) in [6.45, 7) is 8.15. The van der Waals surface area contributed by atoms with E-state index in [1.807, 2.05) is 30.3 Å². The fourth-order valence-corrected chi connectivity index (χ4v) is 8.16. The van der Waals surface area contributed by atoms with Crippen LogP contribution in [0.25, 0.3) is 0 Å². The third-order valence-corrected chi connectivity index (χ3v) is 9.92. The molecule has 1 aromatic rings. The first-order valence-corrected chi connectivity index (χ1v) is 12.7. The van der Waals surface area contributed by atoms with Crippen LogP contribution in [0.15, 0.2) is 35.9 Å². The van der Waals surface area contributed by atoms with Crippen molar-refractivity contribution in [3.05, 3.63) is 46.5 Å². The SMILES string of the molecule is CC12CCC3C4(C)COC(c5ccc(Cl)cc5)OC4CCC3(C)C1CC(C1=CCOC1=O)O2. The molecule has 33 heavy (non-hydrogen) atoms. The second-order valence-electron chi connectivity index (χ2n) is 11.4. The van der Waals surface area contributed by atoms with Gasteiger partial charge in [-0.15, -0.1) is 0 Å². The monoisotopic (exact) mass is 472 g/mol. The molecule has 4 fully saturated rings. The fraction of sp³-hybridized carbons (Fsp3) is 0.667. The van der Waals surface area contributed by atoms with Crippen molar-refractivity contribution in [1.82, 2.24) is 0 Å². The highest BCUT2D eigenvalue weighted by atomic mass is 35.5. The van der Waals surface area contributed by atoms with Crippen LogP contribution in [0.4, 0.5) is 0 Å². The number of hydrogen-bond acceptors (Lipinski definition) is 5. The second-order valence-corrected chi connectivity index (χ2v) is 11.9. The van der Waals surface area contributed by atoms with Gasteiger partial charge in [0.15, 0.2) is 6.29 Å². The van der Waals surface area contributed by atoms with Crippen LogP contribution in [-0.2, 0) is 23.7 Å². The van der Waals surface area contributed by atoms with E-state index in [9.17, 15) is 4.79 Å². The molecule has 8 unspecified atom stereocenters.